The summed E-state index contributed by atoms with van der Waals surface area (Å²) in [4.78, 5) is 10.8. The van der Waals surface area contributed by atoms with Crippen molar-refractivity contribution in [2.45, 2.75) is 0 Å². The number of nitrogens with zero attached hydrogens (tertiary/aromatic N) is 3. The van der Waals surface area contributed by atoms with Crippen LogP contribution in [0.15, 0.2) is 78.9 Å². The first-order chi connectivity index (χ1) is 13.5. The molecule has 0 saturated carbocycles. The van der Waals surface area contributed by atoms with E-state index < -0.39 is 4.92 Å². The number of benzene rings is 3. The van der Waals surface area contributed by atoms with Crippen LogP contribution in [0.2, 0.25) is 10.0 Å². The lowest BCUT2D eigenvalue weighted by Crippen LogP contribution is -2.00. The predicted octanol–water partition coefficient (Wildman–Crippen LogP) is 6.42. The molecule has 4 rings (SSSR count). The molecule has 0 fully saturated rings. The van der Waals surface area contributed by atoms with Crippen LogP contribution in [-0.4, -0.2) is 14.7 Å². The molecule has 0 aliphatic rings. The summed E-state index contributed by atoms with van der Waals surface area (Å²) in [6.07, 6.45) is 0. The van der Waals surface area contributed by atoms with Crippen LogP contribution >= 0.6 is 23.2 Å². The summed E-state index contributed by atoms with van der Waals surface area (Å²) < 4.78 is 1.69. The van der Waals surface area contributed by atoms with Gasteiger partial charge >= 0.3 is 0 Å². The van der Waals surface area contributed by atoms with Gasteiger partial charge in [0.15, 0.2) is 0 Å². The summed E-state index contributed by atoms with van der Waals surface area (Å²) in [6.45, 7) is 0. The molecule has 0 bridgehead atoms. The van der Waals surface area contributed by atoms with Crippen LogP contribution in [0.25, 0.3) is 28.2 Å². The summed E-state index contributed by atoms with van der Waals surface area (Å²) in [5.74, 6) is 0. The Labute approximate surface area is 170 Å². The van der Waals surface area contributed by atoms with Crippen LogP contribution in [0, 0.1) is 10.1 Å². The number of nitro benzene ring substituents is 1. The second kappa shape index (κ2) is 7.46. The van der Waals surface area contributed by atoms with E-state index in [4.69, 9.17) is 28.3 Å². The molecule has 5 nitrogen and oxygen atoms in total. The van der Waals surface area contributed by atoms with Crippen molar-refractivity contribution in [3.05, 3.63) is 99.0 Å². The van der Waals surface area contributed by atoms with Crippen LogP contribution in [0.5, 0.6) is 0 Å². The number of hydrogen-bond donors (Lipinski definition) is 0. The van der Waals surface area contributed by atoms with E-state index in [1.165, 1.54) is 12.1 Å². The Balaban J connectivity index is 1.90. The molecular formula is C21H13Cl2N3O2. The first-order valence-corrected chi connectivity index (χ1v) is 9.13. The van der Waals surface area contributed by atoms with Crippen LogP contribution in [-0.2, 0) is 0 Å². The van der Waals surface area contributed by atoms with Crippen molar-refractivity contribution in [3.8, 4) is 28.2 Å². The third-order valence-corrected chi connectivity index (χ3v) is 4.78. The monoisotopic (exact) mass is 409 g/mol. The minimum absolute atomic E-state index is 0.00287. The van der Waals surface area contributed by atoms with Crippen LogP contribution in [0.4, 0.5) is 5.69 Å². The van der Waals surface area contributed by atoms with Crippen molar-refractivity contribution >= 4 is 28.9 Å². The Bertz CT molecular complexity index is 1150. The average Bonchev–Trinajstić information content (AvgIpc) is 3.14. The lowest BCUT2D eigenvalue weighted by atomic mass is 10.1. The van der Waals surface area contributed by atoms with E-state index in [1.54, 1.807) is 41.1 Å². The van der Waals surface area contributed by atoms with Crippen molar-refractivity contribution in [1.82, 2.24) is 9.78 Å². The molecule has 0 amide bonds. The smallest absolute Gasteiger partial charge is 0.258 e. The van der Waals surface area contributed by atoms with Crippen molar-refractivity contribution in [2.24, 2.45) is 0 Å². The third kappa shape index (κ3) is 3.63. The molecule has 138 valence electrons. The van der Waals surface area contributed by atoms with Crippen molar-refractivity contribution < 1.29 is 4.92 Å². The number of non-ortho nitro benzene ring substituents is 1. The number of nitro groups is 1. The van der Waals surface area contributed by atoms with Gasteiger partial charge in [-0.2, -0.15) is 5.10 Å². The fraction of sp³-hybridized carbons (Fsp3) is 0. The number of rotatable bonds is 4. The highest BCUT2D eigenvalue weighted by molar-refractivity contribution is 6.30. The summed E-state index contributed by atoms with van der Waals surface area (Å²) in [5, 5.41) is 17.1. The van der Waals surface area contributed by atoms with Gasteiger partial charge < -0.3 is 0 Å². The summed E-state index contributed by atoms with van der Waals surface area (Å²) in [5.41, 5.74) is 3.91. The van der Waals surface area contributed by atoms with E-state index in [-0.39, 0.29) is 5.69 Å². The quantitative estimate of drug-likeness (QED) is 0.288. The summed E-state index contributed by atoms with van der Waals surface area (Å²) in [7, 11) is 0. The van der Waals surface area contributed by atoms with Gasteiger partial charge in [-0.25, -0.2) is 4.68 Å². The standard InChI is InChI=1S/C21H13Cl2N3O2/c22-16-8-4-14(5-9-16)20-13-21(15-6-10-17(23)11-7-15)25(24-20)18-2-1-3-19(12-18)26(27)28/h1-13H. The molecule has 4 aromatic rings. The second-order valence-electron chi connectivity index (χ2n) is 6.12. The normalized spacial score (nSPS) is 10.8. The van der Waals surface area contributed by atoms with Gasteiger partial charge in [-0.05, 0) is 36.4 Å². The Morgan fingerprint density at radius 2 is 1.43 bits per heavy atom. The van der Waals surface area contributed by atoms with E-state index in [0.717, 1.165) is 22.5 Å². The Morgan fingerprint density at radius 3 is 2.04 bits per heavy atom. The van der Waals surface area contributed by atoms with Gasteiger partial charge in [0.1, 0.15) is 0 Å². The average molecular weight is 410 g/mol. The van der Waals surface area contributed by atoms with Crippen LogP contribution < -0.4 is 0 Å². The molecule has 0 N–H and O–H groups in total. The highest BCUT2D eigenvalue weighted by Crippen LogP contribution is 2.31. The Hall–Kier alpha value is -3.15. The van der Waals surface area contributed by atoms with Crippen molar-refractivity contribution in [3.63, 3.8) is 0 Å². The van der Waals surface area contributed by atoms with Crippen molar-refractivity contribution in [1.29, 1.82) is 0 Å². The minimum atomic E-state index is -0.422. The lowest BCUT2D eigenvalue weighted by Gasteiger charge is -2.07. The maximum atomic E-state index is 11.2. The zero-order valence-electron chi connectivity index (χ0n) is 14.4. The highest BCUT2D eigenvalue weighted by atomic mass is 35.5. The minimum Gasteiger partial charge on any atom is -0.258 e. The molecule has 0 radical (unpaired) electrons. The highest BCUT2D eigenvalue weighted by Gasteiger charge is 2.15. The molecule has 7 heteroatoms. The molecule has 0 aliphatic heterocycles. The molecule has 3 aromatic carbocycles. The molecule has 0 saturated heterocycles. The zero-order chi connectivity index (χ0) is 19.7. The largest absolute Gasteiger partial charge is 0.271 e. The van der Waals surface area contributed by atoms with Gasteiger partial charge in [0.25, 0.3) is 5.69 Å². The van der Waals surface area contributed by atoms with Crippen molar-refractivity contribution in [2.75, 3.05) is 0 Å². The van der Waals surface area contributed by atoms with Gasteiger partial charge in [0.2, 0.25) is 0 Å². The van der Waals surface area contributed by atoms with E-state index in [0.29, 0.717) is 15.7 Å². The number of hydrogen-bond acceptors (Lipinski definition) is 3. The second-order valence-corrected chi connectivity index (χ2v) is 6.99. The number of aromatic nitrogens is 2. The molecule has 0 aliphatic carbocycles. The molecule has 1 aromatic heterocycles. The Morgan fingerprint density at radius 1 is 0.821 bits per heavy atom. The topological polar surface area (TPSA) is 61.0 Å². The summed E-state index contributed by atoms with van der Waals surface area (Å²) >= 11 is 12.0. The molecule has 0 atom stereocenters. The molecule has 0 spiro atoms. The van der Waals surface area contributed by atoms with Gasteiger partial charge in [-0.15, -0.1) is 0 Å². The van der Waals surface area contributed by atoms with Gasteiger partial charge in [0.05, 0.1) is 22.0 Å². The molecule has 0 unspecified atom stereocenters. The van der Waals surface area contributed by atoms with Crippen LogP contribution in [0.3, 0.4) is 0 Å². The van der Waals surface area contributed by atoms with E-state index >= 15 is 0 Å². The summed E-state index contributed by atoms with van der Waals surface area (Å²) in [6, 6.07) is 23.0. The maximum Gasteiger partial charge on any atom is 0.271 e. The SMILES string of the molecule is O=[N+]([O-])c1cccc(-n2nc(-c3ccc(Cl)cc3)cc2-c2ccc(Cl)cc2)c1. The van der Waals surface area contributed by atoms with Crippen LogP contribution in [0.1, 0.15) is 0 Å². The molecular weight excluding hydrogens is 397 g/mol. The molecule has 1 heterocycles. The predicted molar refractivity (Wildman–Crippen MR) is 111 cm³/mol. The Kier molecular flexibility index (Phi) is 4.86. The van der Waals surface area contributed by atoms with Gasteiger partial charge in [-0.1, -0.05) is 53.5 Å². The van der Waals surface area contributed by atoms with E-state index in [9.17, 15) is 10.1 Å². The van der Waals surface area contributed by atoms with Gasteiger partial charge in [0, 0.05) is 33.3 Å². The lowest BCUT2D eigenvalue weighted by molar-refractivity contribution is -0.384. The zero-order valence-corrected chi connectivity index (χ0v) is 15.9. The first kappa shape index (κ1) is 18.2. The van der Waals surface area contributed by atoms with Gasteiger partial charge in [-0.3, -0.25) is 10.1 Å². The fourth-order valence-corrected chi connectivity index (χ4v) is 3.16. The number of halogens is 2. The van der Waals surface area contributed by atoms with E-state index in [2.05, 4.69) is 0 Å². The fourth-order valence-electron chi connectivity index (χ4n) is 2.90. The van der Waals surface area contributed by atoms with E-state index in [1.807, 2.05) is 30.3 Å². The third-order valence-electron chi connectivity index (χ3n) is 4.27. The molecule has 28 heavy (non-hydrogen) atoms. The first-order valence-electron chi connectivity index (χ1n) is 8.38. The maximum absolute atomic E-state index is 11.2.